The third-order valence-electron chi connectivity index (χ3n) is 6.02. The highest BCUT2D eigenvalue weighted by atomic mass is 16.2. The second kappa shape index (κ2) is 8.59. The minimum atomic E-state index is -0.251. The summed E-state index contributed by atoms with van der Waals surface area (Å²) in [7, 11) is 0. The zero-order valence-corrected chi connectivity index (χ0v) is 16.5. The third kappa shape index (κ3) is 4.39. The van der Waals surface area contributed by atoms with E-state index < -0.39 is 0 Å². The van der Waals surface area contributed by atoms with E-state index in [-0.39, 0.29) is 23.7 Å². The molecule has 1 atom stereocenters. The van der Waals surface area contributed by atoms with Crippen molar-refractivity contribution in [2.45, 2.75) is 25.7 Å². The first-order chi connectivity index (χ1) is 14.1. The number of piperidine rings is 2. The maximum Gasteiger partial charge on any atom is 0.227 e. The van der Waals surface area contributed by atoms with Crippen LogP contribution in [0.3, 0.4) is 0 Å². The number of likely N-dealkylation sites (tertiary alicyclic amines) is 1. The summed E-state index contributed by atoms with van der Waals surface area (Å²) in [6.07, 6.45) is 3.19. The summed E-state index contributed by atoms with van der Waals surface area (Å²) in [6, 6.07) is 13.9. The number of carbonyl (C=O) groups is 2. The first kappa shape index (κ1) is 19.4. The van der Waals surface area contributed by atoms with Crippen LogP contribution in [0.25, 0.3) is 11.3 Å². The fourth-order valence-electron chi connectivity index (χ4n) is 4.29. The SMILES string of the molecule is NC(=O)C1CCN(C(=O)C2CCCN(c3ccc(-c4ccccc4)nn3)C2)CC1. The zero-order chi connectivity index (χ0) is 20.2. The Kier molecular flexibility index (Phi) is 5.74. The summed E-state index contributed by atoms with van der Waals surface area (Å²) < 4.78 is 0. The Morgan fingerprint density at radius 3 is 2.31 bits per heavy atom. The number of nitrogens with zero attached hydrogens (tertiary/aromatic N) is 4. The Morgan fingerprint density at radius 2 is 1.66 bits per heavy atom. The molecule has 1 aromatic heterocycles. The van der Waals surface area contributed by atoms with Crippen LogP contribution >= 0.6 is 0 Å². The van der Waals surface area contributed by atoms with Gasteiger partial charge in [-0.2, -0.15) is 0 Å². The van der Waals surface area contributed by atoms with E-state index in [2.05, 4.69) is 15.1 Å². The number of anilines is 1. The lowest BCUT2D eigenvalue weighted by Gasteiger charge is -2.37. The molecule has 29 heavy (non-hydrogen) atoms. The minimum Gasteiger partial charge on any atom is -0.369 e. The third-order valence-corrected chi connectivity index (χ3v) is 6.02. The molecule has 2 fully saturated rings. The lowest BCUT2D eigenvalue weighted by Crippen LogP contribution is -2.48. The number of hydrogen-bond donors (Lipinski definition) is 1. The smallest absolute Gasteiger partial charge is 0.227 e. The molecule has 7 heteroatoms. The Morgan fingerprint density at radius 1 is 0.897 bits per heavy atom. The summed E-state index contributed by atoms with van der Waals surface area (Å²) in [5.74, 6) is 0.615. The van der Waals surface area contributed by atoms with Crippen LogP contribution in [0, 0.1) is 11.8 Å². The van der Waals surface area contributed by atoms with Crippen LogP contribution in [0.15, 0.2) is 42.5 Å². The van der Waals surface area contributed by atoms with Gasteiger partial charge in [0, 0.05) is 37.7 Å². The molecular weight excluding hydrogens is 366 g/mol. The van der Waals surface area contributed by atoms with E-state index in [0.29, 0.717) is 32.5 Å². The molecule has 1 aromatic carbocycles. The van der Waals surface area contributed by atoms with Gasteiger partial charge in [-0.1, -0.05) is 30.3 Å². The van der Waals surface area contributed by atoms with Gasteiger partial charge >= 0.3 is 0 Å². The van der Waals surface area contributed by atoms with Crippen LogP contribution in [-0.4, -0.2) is 53.1 Å². The minimum absolute atomic E-state index is 0.0375. The maximum atomic E-state index is 13.0. The van der Waals surface area contributed by atoms with E-state index in [1.165, 1.54) is 0 Å². The first-order valence-corrected chi connectivity index (χ1v) is 10.3. The molecule has 2 saturated heterocycles. The number of carbonyl (C=O) groups excluding carboxylic acids is 2. The van der Waals surface area contributed by atoms with Gasteiger partial charge in [0.05, 0.1) is 11.6 Å². The lowest BCUT2D eigenvalue weighted by molar-refractivity contribution is -0.138. The summed E-state index contributed by atoms with van der Waals surface area (Å²) in [5, 5.41) is 8.79. The van der Waals surface area contributed by atoms with Crippen LogP contribution in [0.4, 0.5) is 5.82 Å². The van der Waals surface area contributed by atoms with Crippen molar-refractivity contribution in [3.8, 4) is 11.3 Å². The second-order valence-corrected chi connectivity index (χ2v) is 7.93. The maximum absolute atomic E-state index is 13.0. The topological polar surface area (TPSA) is 92.4 Å². The van der Waals surface area contributed by atoms with E-state index in [4.69, 9.17) is 5.73 Å². The van der Waals surface area contributed by atoms with E-state index in [1.54, 1.807) is 0 Å². The van der Waals surface area contributed by atoms with E-state index in [9.17, 15) is 9.59 Å². The van der Waals surface area contributed by atoms with Gasteiger partial charge in [-0.25, -0.2) is 0 Å². The summed E-state index contributed by atoms with van der Waals surface area (Å²) in [5.41, 5.74) is 7.28. The van der Waals surface area contributed by atoms with Gasteiger partial charge in [0.15, 0.2) is 5.82 Å². The summed E-state index contributed by atoms with van der Waals surface area (Å²) >= 11 is 0. The van der Waals surface area contributed by atoms with Crippen molar-refractivity contribution in [1.29, 1.82) is 0 Å². The Labute approximate surface area is 170 Å². The lowest BCUT2D eigenvalue weighted by atomic mass is 9.92. The highest BCUT2D eigenvalue weighted by Gasteiger charge is 2.33. The van der Waals surface area contributed by atoms with Gasteiger partial charge in [-0.05, 0) is 37.8 Å². The first-order valence-electron chi connectivity index (χ1n) is 10.3. The molecule has 7 nitrogen and oxygen atoms in total. The predicted molar refractivity (Wildman–Crippen MR) is 111 cm³/mol. The summed E-state index contributed by atoms with van der Waals surface area (Å²) in [4.78, 5) is 28.4. The average Bonchev–Trinajstić information content (AvgIpc) is 2.79. The molecule has 2 amide bonds. The van der Waals surface area contributed by atoms with Crippen molar-refractivity contribution in [2.24, 2.45) is 17.6 Å². The van der Waals surface area contributed by atoms with E-state index in [1.807, 2.05) is 47.4 Å². The number of nitrogens with two attached hydrogens (primary N) is 1. The van der Waals surface area contributed by atoms with Crippen molar-refractivity contribution in [1.82, 2.24) is 15.1 Å². The molecule has 1 unspecified atom stereocenters. The molecule has 0 saturated carbocycles. The second-order valence-electron chi connectivity index (χ2n) is 7.93. The van der Waals surface area contributed by atoms with Crippen LogP contribution in [0.5, 0.6) is 0 Å². The van der Waals surface area contributed by atoms with Crippen LogP contribution in [0.2, 0.25) is 0 Å². The van der Waals surface area contributed by atoms with Gasteiger partial charge in [0.2, 0.25) is 11.8 Å². The zero-order valence-electron chi connectivity index (χ0n) is 16.5. The van der Waals surface area contributed by atoms with Crippen LogP contribution < -0.4 is 10.6 Å². The van der Waals surface area contributed by atoms with Crippen molar-refractivity contribution >= 4 is 17.6 Å². The Balaban J connectivity index is 1.38. The predicted octanol–water partition coefficient (Wildman–Crippen LogP) is 2.08. The van der Waals surface area contributed by atoms with Gasteiger partial charge in [0.25, 0.3) is 0 Å². The van der Waals surface area contributed by atoms with Gasteiger partial charge in [-0.3, -0.25) is 9.59 Å². The largest absolute Gasteiger partial charge is 0.369 e. The molecule has 2 aliphatic rings. The van der Waals surface area contributed by atoms with Gasteiger partial charge < -0.3 is 15.5 Å². The van der Waals surface area contributed by atoms with Crippen LogP contribution in [0.1, 0.15) is 25.7 Å². The Hall–Kier alpha value is -2.96. The normalized spacial score (nSPS) is 20.5. The molecular formula is C22H27N5O2. The quantitative estimate of drug-likeness (QED) is 0.859. The molecule has 0 aliphatic carbocycles. The van der Waals surface area contributed by atoms with Crippen molar-refractivity contribution in [3.63, 3.8) is 0 Å². The molecule has 2 aliphatic heterocycles. The van der Waals surface area contributed by atoms with E-state index in [0.717, 1.165) is 36.5 Å². The molecule has 4 rings (SSSR count). The standard InChI is InChI=1S/C22H27N5O2/c23-21(28)17-10-13-26(14-11-17)22(29)18-7-4-12-27(15-18)20-9-8-19(24-25-20)16-5-2-1-3-6-16/h1-3,5-6,8-9,17-18H,4,7,10-15H2,(H2,23,28). The molecule has 0 spiro atoms. The van der Waals surface area contributed by atoms with Gasteiger partial charge in [0.1, 0.15) is 0 Å². The monoisotopic (exact) mass is 393 g/mol. The number of rotatable bonds is 4. The fourth-order valence-corrected chi connectivity index (χ4v) is 4.29. The summed E-state index contributed by atoms with van der Waals surface area (Å²) in [6.45, 7) is 2.78. The molecule has 152 valence electrons. The Bertz CT molecular complexity index is 847. The molecule has 0 bridgehead atoms. The average molecular weight is 393 g/mol. The highest BCUT2D eigenvalue weighted by molar-refractivity contribution is 5.81. The molecule has 2 N–H and O–H groups in total. The van der Waals surface area contributed by atoms with Crippen LogP contribution in [-0.2, 0) is 9.59 Å². The van der Waals surface area contributed by atoms with Crippen molar-refractivity contribution < 1.29 is 9.59 Å². The number of hydrogen-bond acceptors (Lipinski definition) is 5. The fraction of sp³-hybridized carbons (Fsp3) is 0.455. The molecule has 2 aromatic rings. The highest BCUT2D eigenvalue weighted by Crippen LogP contribution is 2.26. The van der Waals surface area contributed by atoms with Crippen molar-refractivity contribution in [2.75, 3.05) is 31.1 Å². The molecule has 0 radical (unpaired) electrons. The number of benzene rings is 1. The van der Waals surface area contributed by atoms with Crippen molar-refractivity contribution in [3.05, 3.63) is 42.5 Å². The number of amides is 2. The molecule has 3 heterocycles. The van der Waals surface area contributed by atoms with Gasteiger partial charge in [-0.15, -0.1) is 10.2 Å². The number of aromatic nitrogens is 2. The van der Waals surface area contributed by atoms with E-state index >= 15 is 0 Å². The number of primary amides is 1.